The van der Waals surface area contributed by atoms with Crippen LogP contribution in [0.1, 0.15) is 56.6 Å². The van der Waals surface area contributed by atoms with Crippen molar-refractivity contribution in [2.75, 3.05) is 6.54 Å². The zero-order valence-corrected chi connectivity index (χ0v) is 24.7. The summed E-state index contributed by atoms with van der Waals surface area (Å²) in [5.41, 5.74) is 1.09. The molecule has 0 spiro atoms. The van der Waals surface area contributed by atoms with Gasteiger partial charge >= 0.3 is 6.18 Å². The van der Waals surface area contributed by atoms with Crippen LogP contribution in [0.2, 0.25) is 10.0 Å². The highest BCUT2D eigenvalue weighted by Gasteiger charge is 2.46. The zero-order chi connectivity index (χ0) is 30.8. The van der Waals surface area contributed by atoms with Crippen LogP contribution in [0.5, 0.6) is 0 Å². The van der Waals surface area contributed by atoms with Crippen LogP contribution in [0.25, 0.3) is 5.69 Å². The van der Waals surface area contributed by atoms with Gasteiger partial charge in [-0.1, -0.05) is 50.9 Å². The average molecular weight is 618 g/mol. The average Bonchev–Trinajstić information content (AvgIpc) is 3.50. The van der Waals surface area contributed by atoms with Crippen LogP contribution < -0.4 is 10.6 Å². The number of rotatable bonds is 9. The molecule has 1 saturated heterocycles. The van der Waals surface area contributed by atoms with Crippen molar-refractivity contribution in [2.24, 2.45) is 11.8 Å². The smallest absolute Gasteiger partial charge is 0.344 e. The Morgan fingerprint density at radius 3 is 2.10 bits per heavy atom. The Labute approximate surface area is 245 Å². The first-order chi connectivity index (χ1) is 19.0. The number of aryl methyl sites for hydroxylation is 1. The van der Waals surface area contributed by atoms with Crippen molar-refractivity contribution in [1.29, 1.82) is 0 Å². The Bertz CT molecular complexity index is 1310. The molecule has 3 rings (SSSR count). The summed E-state index contributed by atoms with van der Waals surface area (Å²) in [6.45, 7) is 8.01. The standard InChI is InChI=1S/C27H32Cl2F3N5O4/c1-13(2)21(23(38)27(30,31)32)33-25(40)20-7-6-8-36(20)26(41)22(14(3)4)34-24(39)19-12-37(35-15(19)5)18-10-16(28)9-17(29)11-18/h9-14,20-22H,6-8H2,1-5H3,(H,33,40)(H,34,39)/t20-,21-,22-/m0/s1. The minimum Gasteiger partial charge on any atom is -0.344 e. The molecule has 1 aromatic heterocycles. The lowest BCUT2D eigenvalue weighted by Crippen LogP contribution is -2.58. The summed E-state index contributed by atoms with van der Waals surface area (Å²) in [5, 5.41) is 10.0. The number of carbonyl (C=O) groups excluding carboxylic acids is 4. The van der Waals surface area contributed by atoms with Gasteiger partial charge in [0.25, 0.3) is 11.7 Å². The molecule has 0 unspecified atom stereocenters. The molecule has 41 heavy (non-hydrogen) atoms. The molecule has 0 aliphatic carbocycles. The van der Waals surface area contributed by atoms with Crippen molar-refractivity contribution in [3.8, 4) is 5.69 Å². The molecule has 3 amide bonds. The molecule has 1 aliphatic rings. The number of hydrogen-bond donors (Lipinski definition) is 2. The number of likely N-dealkylation sites (tertiary alicyclic amines) is 1. The van der Waals surface area contributed by atoms with Crippen molar-refractivity contribution in [1.82, 2.24) is 25.3 Å². The van der Waals surface area contributed by atoms with Crippen molar-refractivity contribution in [3.63, 3.8) is 0 Å². The summed E-state index contributed by atoms with van der Waals surface area (Å²) in [7, 11) is 0. The molecule has 0 saturated carbocycles. The fraction of sp³-hybridized carbons (Fsp3) is 0.519. The fourth-order valence-electron chi connectivity index (χ4n) is 4.66. The monoisotopic (exact) mass is 617 g/mol. The van der Waals surface area contributed by atoms with Crippen molar-refractivity contribution in [2.45, 2.75) is 71.8 Å². The Balaban J connectivity index is 1.78. The number of nitrogens with one attached hydrogen (secondary N) is 2. The van der Waals surface area contributed by atoms with Gasteiger partial charge in [0.2, 0.25) is 11.8 Å². The number of halogens is 5. The SMILES string of the molecule is Cc1nn(-c2cc(Cl)cc(Cl)c2)cc1C(=O)N[C@H](C(=O)N1CCC[C@H]1C(=O)N[C@H](C(=O)C(F)(F)F)C(C)C)C(C)C. The highest BCUT2D eigenvalue weighted by atomic mass is 35.5. The molecule has 9 nitrogen and oxygen atoms in total. The number of amides is 3. The Hall–Kier alpha value is -3.12. The van der Waals surface area contributed by atoms with Gasteiger partial charge in [-0.3, -0.25) is 19.2 Å². The molecule has 1 fully saturated rings. The summed E-state index contributed by atoms with van der Waals surface area (Å²) < 4.78 is 40.7. The number of ketones is 1. The second kappa shape index (κ2) is 12.8. The van der Waals surface area contributed by atoms with Gasteiger partial charge in [0.05, 0.1) is 23.0 Å². The first-order valence-corrected chi connectivity index (χ1v) is 13.8. The summed E-state index contributed by atoms with van der Waals surface area (Å²) >= 11 is 12.2. The molecule has 2 N–H and O–H groups in total. The van der Waals surface area contributed by atoms with Crippen molar-refractivity contribution in [3.05, 3.63) is 45.7 Å². The second-order valence-electron chi connectivity index (χ2n) is 10.7. The van der Waals surface area contributed by atoms with E-state index >= 15 is 0 Å². The summed E-state index contributed by atoms with van der Waals surface area (Å²) in [5.74, 6) is -5.26. The van der Waals surface area contributed by atoms with E-state index in [1.165, 1.54) is 29.6 Å². The van der Waals surface area contributed by atoms with Gasteiger partial charge in [0.1, 0.15) is 12.1 Å². The van der Waals surface area contributed by atoms with E-state index in [1.54, 1.807) is 39.0 Å². The van der Waals surface area contributed by atoms with Crippen LogP contribution >= 0.6 is 23.2 Å². The first kappa shape index (κ1) is 32.4. The minimum atomic E-state index is -5.12. The van der Waals surface area contributed by atoms with Crippen molar-refractivity contribution < 1.29 is 32.3 Å². The summed E-state index contributed by atoms with van der Waals surface area (Å²) in [6.07, 6.45) is -3.01. The minimum absolute atomic E-state index is 0.169. The van der Waals surface area contributed by atoms with E-state index in [9.17, 15) is 32.3 Å². The Kier molecular flexibility index (Phi) is 10.1. The predicted octanol–water partition coefficient (Wildman–Crippen LogP) is 4.51. The lowest BCUT2D eigenvalue weighted by molar-refractivity contribution is -0.175. The molecule has 0 radical (unpaired) electrons. The third-order valence-electron chi connectivity index (χ3n) is 6.84. The highest BCUT2D eigenvalue weighted by molar-refractivity contribution is 6.34. The second-order valence-corrected chi connectivity index (χ2v) is 11.6. The number of alkyl halides is 3. The summed E-state index contributed by atoms with van der Waals surface area (Å²) in [6, 6.07) is 0.879. The Morgan fingerprint density at radius 2 is 1.56 bits per heavy atom. The van der Waals surface area contributed by atoms with Crippen LogP contribution in [0, 0.1) is 18.8 Å². The van der Waals surface area contributed by atoms with Gasteiger partial charge in [-0.25, -0.2) is 4.68 Å². The maximum atomic E-state index is 13.6. The number of carbonyl (C=O) groups is 4. The van der Waals surface area contributed by atoms with E-state index in [0.717, 1.165) is 0 Å². The quantitative estimate of drug-likeness (QED) is 0.430. The van der Waals surface area contributed by atoms with Gasteiger partial charge in [-0.15, -0.1) is 0 Å². The molecule has 2 heterocycles. The van der Waals surface area contributed by atoms with E-state index < -0.39 is 59.6 Å². The van der Waals surface area contributed by atoms with Crippen LogP contribution in [0.15, 0.2) is 24.4 Å². The molecule has 224 valence electrons. The van der Waals surface area contributed by atoms with E-state index in [4.69, 9.17) is 23.2 Å². The van der Waals surface area contributed by atoms with Gasteiger partial charge in [-0.2, -0.15) is 18.3 Å². The highest BCUT2D eigenvalue weighted by Crippen LogP contribution is 2.25. The van der Waals surface area contributed by atoms with Crippen LogP contribution in [-0.2, 0) is 14.4 Å². The van der Waals surface area contributed by atoms with Crippen molar-refractivity contribution >= 4 is 46.7 Å². The molecular weight excluding hydrogens is 586 g/mol. The van der Waals surface area contributed by atoms with Crippen LogP contribution in [0.3, 0.4) is 0 Å². The van der Waals surface area contributed by atoms with Crippen LogP contribution in [0.4, 0.5) is 13.2 Å². The lowest BCUT2D eigenvalue weighted by Gasteiger charge is -2.31. The summed E-state index contributed by atoms with van der Waals surface area (Å²) in [4.78, 5) is 53.0. The first-order valence-electron chi connectivity index (χ1n) is 13.1. The number of Topliss-reactive ketones (excluding diaryl/α,β-unsaturated/α-hetero) is 1. The number of aromatic nitrogens is 2. The number of nitrogens with zero attached hydrogens (tertiary/aromatic N) is 3. The molecular formula is C27H32Cl2F3N5O4. The fourth-order valence-corrected chi connectivity index (χ4v) is 5.18. The molecule has 3 atom stereocenters. The van der Waals surface area contributed by atoms with E-state index in [2.05, 4.69) is 15.7 Å². The molecule has 1 aliphatic heterocycles. The van der Waals surface area contributed by atoms with Crippen LogP contribution in [-0.4, -0.2) is 69.0 Å². The molecule has 1 aromatic carbocycles. The predicted molar refractivity (Wildman–Crippen MR) is 147 cm³/mol. The van der Waals surface area contributed by atoms with Gasteiger partial charge < -0.3 is 15.5 Å². The van der Waals surface area contributed by atoms with E-state index in [1.807, 2.05) is 0 Å². The van der Waals surface area contributed by atoms with E-state index in [0.29, 0.717) is 27.8 Å². The lowest BCUT2D eigenvalue weighted by atomic mass is 9.98. The number of benzene rings is 1. The normalized spacial score (nSPS) is 17.1. The molecule has 2 aromatic rings. The number of hydrogen-bond acceptors (Lipinski definition) is 5. The topological polar surface area (TPSA) is 113 Å². The third-order valence-corrected chi connectivity index (χ3v) is 7.28. The molecule has 14 heteroatoms. The third kappa shape index (κ3) is 7.59. The maximum Gasteiger partial charge on any atom is 0.452 e. The van der Waals surface area contributed by atoms with Gasteiger partial charge in [-0.05, 0) is 49.8 Å². The maximum absolute atomic E-state index is 13.6. The van der Waals surface area contributed by atoms with Gasteiger partial charge in [0.15, 0.2) is 0 Å². The van der Waals surface area contributed by atoms with E-state index in [-0.39, 0.29) is 18.5 Å². The zero-order valence-electron chi connectivity index (χ0n) is 23.2. The largest absolute Gasteiger partial charge is 0.452 e. The Morgan fingerprint density at radius 1 is 0.976 bits per heavy atom. The van der Waals surface area contributed by atoms with Gasteiger partial charge in [0, 0.05) is 22.8 Å². The molecule has 0 bridgehead atoms.